The van der Waals surface area contributed by atoms with Crippen molar-refractivity contribution in [2.75, 3.05) is 0 Å². The molecule has 1 aromatic carbocycles. The molecule has 0 saturated carbocycles. The molecule has 1 N–H and O–H groups in total. The van der Waals surface area contributed by atoms with E-state index in [4.69, 9.17) is 0 Å². The van der Waals surface area contributed by atoms with Gasteiger partial charge in [-0.2, -0.15) is 12.6 Å². The quantitative estimate of drug-likeness (QED) is 0.410. The Balaban J connectivity index is 2.38. The van der Waals surface area contributed by atoms with Crippen LogP contribution in [0.5, 0.6) is 0 Å². The van der Waals surface area contributed by atoms with Crippen molar-refractivity contribution < 1.29 is 0 Å². The first-order valence-corrected chi connectivity index (χ1v) is 4.42. The van der Waals surface area contributed by atoms with E-state index in [2.05, 4.69) is 36.7 Å². The molecule has 0 aliphatic carbocycles. The predicted molar refractivity (Wildman–Crippen MR) is 56.3 cm³/mol. The lowest BCUT2D eigenvalue weighted by Gasteiger charge is -2.07. The Hall–Kier alpha value is -0.730. The lowest BCUT2D eigenvalue weighted by molar-refractivity contribution is 0.729. The van der Waals surface area contributed by atoms with Crippen LogP contribution in [0.2, 0.25) is 0 Å². The van der Waals surface area contributed by atoms with Gasteiger partial charge in [0, 0.05) is 6.54 Å². The zero-order valence-corrected chi connectivity index (χ0v) is 7.80. The number of nitrogens with one attached hydrogen (secondary N) is 1. The molecule has 1 atom stereocenters. The third-order valence-electron chi connectivity index (χ3n) is 1.58. The van der Waals surface area contributed by atoms with E-state index in [-0.39, 0.29) is 5.37 Å². The lowest BCUT2D eigenvalue weighted by atomic mass is 10.2. The van der Waals surface area contributed by atoms with Crippen molar-refractivity contribution in [3.8, 4) is 0 Å². The maximum absolute atomic E-state index is 4.23. The monoisotopic (exact) mass is 179 g/mol. The van der Waals surface area contributed by atoms with E-state index in [9.17, 15) is 0 Å². The third kappa shape index (κ3) is 3.11. The molecule has 0 aliphatic rings. The summed E-state index contributed by atoms with van der Waals surface area (Å²) in [6.07, 6.45) is 1.77. The number of benzene rings is 1. The topological polar surface area (TPSA) is 12.0 Å². The Bertz CT molecular complexity index is 233. The Labute approximate surface area is 78.9 Å². The summed E-state index contributed by atoms with van der Waals surface area (Å²) in [7, 11) is 0. The van der Waals surface area contributed by atoms with Crippen LogP contribution in [0.4, 0.5) is 0 Å². The first-order valence-electron chi connectivity index (χ1n) is 3.91. The summed E-state index contributed by atoms with van der Waals surface area (Å²) in [6.45, 7) is 4.47. The second-order valence-electron chi connectivity index (χ2n) is 2.55. The van der Waals surface area contributed by atoms with Gasteiger partial charge in [0.25, 0.3) is 0 Å². The molecule has 0 radical (unpaired) electrons. The second kappa shape index (κ2) is 5.01. The summed E-state index contributed by atoms with van der Waals surface area (Å²) in [4.78, 5) is 0. The van der Waals surface area contributed by atoms with E-state index in [1.54, 1.807) is 6.08 Å². The first-order chi connectivity index (χ1) is 5.83. The molecule has 12 heavy (non-hydrogen) atoms. The van der Waals surface area contributed by atoms with Gasteiger partial charge in [-0.25, -0.2) is 0 Å². The van der Waals surface area contributed by atoms with Crippen molar-refractivity contribution in [3.05, 3.63) is 48.6 Å². The van der Waals surface area contributed by atoms with E-state index in [0.29, 0.717) is 0 Å². The minimum Gasteiger partial charge on any atom is -0.298 e. The van der Waals surface area contributed by atoms with Gasteiger partial charge in [0.1, 0.15) is 0 Å². The van der Waals surface area contributed by atoms with Gasteiger partial charge < -0.3 is 0 Å². The van der Waals surface area contributed by atoms with Gasteiger partial charge in [-0.3, -0.25) is 5.32 Å². The molecule has 1 unspecified atom stereocenters. The fraction of sp³-hybridized carbons (Fsp3) is 0.200. The average molecular weight is 179 g/mol. The number of thiol groups is 1. The highest BCUT2D eigenvalue weighted by atomic mass is 32.1. The van der Waals surface area contributed by atoms with Crippen molar-refractivity contribution in [2.45, 2.75) is 11.9 Å². The molecule has 0 bridgehead atoms. The average Bonchev–Trinajstić information content (AvgIpc) is 2.16. The summed E-state index contributed by atoms with van der Waals surface area (Å²) >= 11 is 4.23. The molecule has 64 valence electrons. The molecule has 0 heterocycles. The molecule has 1 rings (SSSR count). The van der Waals surface area contributed by atoms with Gasteiger partial charge in [0.2, 0.25) is 0 Å². The molecular weight excluding hydrogens is 166 g/mol. The van der Waals surface area contributed by atoms with Crippen molar-refractivity contribution >= 4 is 12.6 Å². The summed E-state index contributed by atoms with van der Waals surface area (Å²) in [5, 5.41) is 3.27. The van der Waals surface area contributed by atoms with Crippen LogP contribution in [-0.2, 0) is 6.54 Å². The van der Waals surface area contributed by atoms with E-state index < -0.39 is 0 Å². The highest BCUT2D eigenvalue weighted by Gasteiger charge is 1.94. The van der Waals surface area contributed by atoms with Crippen LogP contribution in [-0.4, -0.2) is 5.37 Å². The van der Waals surface area contributed by atoms with Crippen molar-refractivity contribution in [1.29, 1.82) is 0 Å². The van der Waals surface area contributed by atoms with Crippen molar-refractivity contribution in [1.82, 2.24) is 5.32 Å². The van der Waals surface area contributed by atoms with Crippen molar-refractivity contribution in [2.24, 2.45) is 0 Å². The third-order valence-corrected chi connectivity index (χ3v) is 1.97. The lowest BCUT2D eigenvalue weighted by Crippen LogP contribution is -2.20. The number of hydrogen-bond acceptors (Lipinski definition) is 2. The van der Waals surface area contributed by atoms with Crippen molar-refractivity contribution in [3.63, 3.8) is 0 Å². The largest absolute Gasteiger partial charge is 0.298 e. The summed E-state index contributed by atoms with van der Waals surface area (Å²) in [6, 6.07) is 10.2. The van der Waals surface area contributed by atoms with Crippen LogP contribution in [0.25, 0.3) is 0 Å². The highest BCUT2D eigenvalue weighted by Crippen LogP contribution is 1.99. The molecule has 0 spiro atoms. The Kier molecular flexibility index (Phi) is 3.91. The second-order valence-corrected chi connectivity index (χ2v) is 3.10. The highest BCUT2D eigenvalue weighted by molar-refractivity contribution is 7.81. The van der Waals surface area contributed by atoms with Gasteiger partial charge in [0.15, 0.2) is 0 Å². The van der Waals surface area contributed by atoms with E-state index in [1.807, 2.05) is 18.2 Å². The zero-order valence-electron chi connectivity index (χ0n) is 6.90. The zero-order chi connectivity index (χ0) is 8.81. The van der Waals surface area contributed by atoms with E-state index in [1.165, 1.54) is 5.56 Å². The SMILES string of the molecule is C=CC(S)NCc1ccccc1. The minimum atomic E-state index is 0.0743. The molecular formula is C10H13NS. The van der Waals surface area contributed by atoms with Crippen LogP contribution >= 0.6 is 12.6 Å². The predicted octanol–water partition coefficient (Wildman–Crippen LogP) is 2.22. The fourth-order valence-electron chi connectivity index (χ4n) is 0.902. The molecule has 0 fully saturated rings. The summed E-state index contributed by atoms with van der Waals surface area (Å²) in [5.74, 6) is 0. The smallest absolute Gasteiger partial charge is 0.0689 e. The van der Waals surface area contributed by atoms with E-state index >= 15 is 0 Å². The summed E-state index contributed by atoms with van der Waals surface area (Å²) < 4.78 is 0. The molecule has 0 aromatic heterocycles. The number of rotatable bonds is 4. The Morgan fingerprint density at radius 1 is 1.42 bits per heavy atom. The van der Waals surface area contributed by atoms with Crippen LogP contribution < -0.4 is 5.32 Å². The van der Waals surface area contributed by atoms with Crippen LogP contribution in [0, 0.1) is 0 Å². The standard InChI is InChI=1S/C10H13NS/c1-2-10(12)11-8-9-6-4-3-5-7-9/h2-7,10-12H,1,8H2. The Morgan fingerprint density at radius 3 is 2.67 bits per heavy atom. The van der Waals surface area contributed by atoms with Crippen LogP contribution in [0.15, 0.2) is 43.0 Å². The molecule has 2 heteroatoms. The number of hydrogen-bond donors (Lipinski definition) is 2. The molecule has 1 nitrogen and oxygen atoms in total. The normalized spacial score (nSPS) is 12.4. The maximum Gasteiger partial charge on any atom is 0.0689 e. The van der Waals surface area contributed by atoms with Crippen LogP contribution in [0.1, 0.15) is 5.56 Å². The maximum atomic E-state index is 4.23. The minimum absolute atomic E-state index is 0.0743. The van der Waals surface area contributed by atoms with E-state index in [0.717, 1.165) is 6.54 Å². The van der Waals surface area contributed by atoms with Crippen LogP contribution in [0.3, 0.4) is 0 Å². The molecule has 1 aromatic rings. The van der Waals surface area contributed by atoms with Gasteiger partial charge in [0.05, 0.1) is 5.37 Å². The van der Waals surface area contributed by atoms with Gasteiger partial charge in [-0.1, -0.05) is 36.4 Å². The van der Waals surface area contributed by atoms with Gasteiger partial charge >= 0.3 is 0 Å². The van der Waals surface area contributed by atoms with Gasteiger partial charge in [-0.15, -0.1) is 6.58 Å². The fourth-order valence-corrected chi connectivity index (χ4v) is 0.993. The molecule has 0 saturated heterocycles. The molecule has 0 amide bonds. The Morgan fingerprint density at radius 2 is 2.08 bits per heavy atom. The first kappa shape index (κ1) is 9.36. The molecule has 0 aliphatic heterocycles. The summed E-state index contributed by atoms with van der Waals surface area (Å²) in [5.41, 5.74) is 1.26. The van der Waals surface area contributed by atoms with Gasteiger partial charge in [-0.05, 0) is 5.56 Å².